The van der Waals surface area contributed by atoms with Gasteiger partial charge in [0.25, 0.3) is 0 Å². The summed E-state index contributed by atoms with van der Waals surface area (Å²) in [5.74, 6) is 1.36. The van der Waals surface area contributed by atoms with Crippen LogP contribution in [0.5, 0.6) is 0 Å². The second-order valence-electron chi connectivity index (χ2n) is 11.0. The molecular weight excluding hydrogens is 560 g/mol. The van der Waals surface area contributed by atoms with Crippen molar-refractivity contribution in [3.05, 3.63) is 91.9 Å². The summed E-state index contributed by atoms with van der Waals surface area (Å²) in [7, 11) is 0. The lowest BCUT2D eigenvalue weighted by atomic mass is 10.0. The highest BCUT2D eigenvalue weighted by Gasteiger charge is 2.21. The smallest absolute Gasteiger partial charge is 0.228 e. The fourth-order valence-electron chi connectivity index (χ4n) is 5.82. The number of oxazole rings is 2. The van der Waals surface area contributed by atoms with Gasteiger partial charge in [0.2, 0.25) is 23.6 Å². The Balaban J connectivity index is 1.59. The van der Waals surface area contributed by atoms with Crippen LogP contribution in [0.1, 0.15) is 46.3 Å². The van der Waals surface area contributed by atoms with Gasteiger partial charge in [0.15, 0.2) is 10.9 Å². The number of rotatable bonds is 2. The number of benzene rings is 3. The van der Waals surface area contributed by atoms with Crippen LogP contribution in [0.4, 0.5) is 0 Å². The number of aromatic nitrogens is 4. The molecule has 0 saturated carbocycles. The second kappa shape index (κ2) is 9.43. The maximum absolute atomic E-state index is 14.1. The topological polar surface area (TPSA) is 130 Å². The van der Waals surface area contributed by atoms with Gasteiger partial charge in [-0.15, -0.1) is 0 Å². The number of hydrogen-bond donors (Lipinski definition) is 0. The normalized spacial score (nSPS) is 11.8. The van der Waals surface area contributed by atoms with Crippen molar-refractivity contribution >= 4 is 55.4 Å². The predicted octanol–water partition coefficient (Wildman–Crippen LogP) is 6.49. The van der Waals surface area contributed by atoms with E-state index >= 15 is 0 Å². The van der Waals surface area contributed by atoms with Gasteiger partial charge in [0, 0.05) is 46.5 Å². The Labute approximate surface area is 249 Å². The van der Waals surface area contributed by atoms with Gasteiger partial charge in [-0.3, -0.25) is 28.3 Å². The quantitative estimate of drug-likeness (QED) is 0.210. The first-order valence-electron chi connectivity index (χ1n) is 14.0. The van der Waals surface area contributed by atoms with Gasteiger partial charge in [-0.05, 0) is 76.2 Å². The van der Waals surface area contributed by atoms with Crippen LogP contribution in [-0.4, -0.2) is 30.9 Å². The molecule has 3 aromatic carbocycles. The zero-order valence-electron chi connectivity index (χ0n) is 24.9. The molecule has 0 aliphatic rings. The Hall–Kier alpha value is -5.64. The third kappa shape index (κ3) is 3.87. The molecule has 218 valence electrons. The zero-order valence-corrected chi connectivity index (χ0v) is 24.9. The number of aryl methyl sites for hydroxylation is 4. The van der Waals surface area contributed by atoms with Crippen molar-refractivity contribution < 1.29 is 18.4 Å². The first-order valence-corrected chi connectivity index (χ1v) is 14.0. The Morgan fingerprint density at radius 1 is 0.568 bits per heavy atom. The molecule has 0 N–H and O–H groups in total. The van der Waals surface area contributed by atoms with E-state index in [-0.39, 0.29) is 55.3 Å². The summed E-state index contributed by atoms with van der Waals surface area (Å²) < 4.78 is 14.4. The minimum Gasteiger partial charge on any atom is -0.441 e. The van der Waals surface area contributed by atoms with Crippen LogP contribution < -0.4 is 10.9 Å². The number of nitrogens with zero attached hydrogens (tertiary/aromatic N) is 4. The van der Waals surface area contributed by atoms with E-state index < -0.39 is 0 Å². The van der Waals surface area contributed by atoms with Crippen LogP contribution in [0, 0.1) is 27.7 Å². The van der Waals surface area contributed by atoms with Crippen LogP contribution in [0.2, 0.25) is 0 Å². The van der Waals surface area contributed by atoms with Gasteiger partial charge in [-0.25, -0.2) is 9.97 Å². The highest BCUT2D eigenvalue weighted by molar-refractivity contribution is 6.10. The maximum atomic E-state index is 14.1. The lowest BCUT2D eigenvalue weighted by Gasteiger charge is -2.16. The van der Waals surface area contributed by atoms with Gasteiger partial charge in [0.05, 0.1) is 33.5 Å². The molecule has 4 heterocycles. The highest BCUT2D eigenvalue weighted by Crippen LogP contribution is 2.31. The molecule has 7 aromatic rings. The Morgan fingerprint density at radius 3 is 1.25 bits per heavy atom. The monoisotopic (exact) mass is 586 g/mol. The fourth-order valence-corrected chi connectivity index (χ4v) is 5.82. The molecule has 0 saturated heterocycles. The van der Waals surface area contributed by atoms with Crippen molar-refractivity contribution in [1.29, 1.82) is 0 Å². The van der Waals surface area contributed by atoms with E-state index in [1.54, 1.807) is 36.4 Å². The maximum Gasteiger partial charge on any atom is 0.228 e. The fraction of sp³-hybridized carbons (Fsp3) is 0.176. The zero-order chi connectivity index (χ0) is 31.2. The summed E-state index contributed by atoms with van der Waals surface area (Å²) in [6.07, 6.45) is 0. The average Bonchev–Trinajstić information content (AvgIpc) is 3.51. The van der Waals surface area contributed by atoms with Crippen molar-refractivity contribution in [2.24, 2.45) is 0 Å². The summed E-state index contributed by atoms with van der Waals surface area (Å²) >= 11 is 0. The van der Waals surface area contributed by atoms with Crippen LogP contribution in [0.25, 0.3) is 66.5 Å². The van der Waals surface area contributed by atoms with Crippen molar-refractivity contribution in [2.75, 3.05) is 0 Å². The first kappa shape index (κ1) is 27.2. The molecule has 0 atom stereocenters. The number of carbonyl (C=O) groups excluding carboxylic acids is 2. The summed E-state index contributed by atoms with van der Waals surface area (Å²) in [5.41, 5.74) is 3.20. The molecule has 0 radical (unpaired) electrons. The summed E-state index contributed by atoms with van der Waals surface area (Å²) in [4.78, 5) is 63.2. The first-order chi connectivity index (χ1) is 20.9. The van der Waals surface area contributed by atoms with Crippen molar-refractivity contribution in [3.63, 3.8) is 0 Å². The molecule has 0 spiro atoms. The van der Waals surface area contributed by atoms with E-state index in [4.69, 9.17) is 8.83 Å². The molecule has 0 bridgehead atoms. The molecular formula is C34H26N4O6. The number of pyridine rings is 2. The van der Waals surface area contributed by atoms with Crippen LogP contribution in [0.3, 0.4) is 0 Å². The van der Waals surface area contributed by atoms with E-state index in [1.807, 2.05) is 27.7 Å². The Bertz CT molecular complexity index is 2330. The van der Waals surface area contributed by atoms with Crippen LogP contribution >= 0.6 is 0 Å². The highest BCUT2D eigenvalue weighted by atomic mass is 16.4. The van der Waals surface area contributed by atoms with E-state index in [2.05, 4.69) is 9.97 Å². The lowest BCUT2D eigenvalue weighted by molar-refractivity contribution is 0.0936. The molecule has 10 heteroatoms. The molecule has 0 fully saturated rings. The van der Waals surface area contributed by atoms with E-state index in [0.29, 0.717) is 45.5 Å². The summed E-state index contributed by atoms with van der Waals surface area (Å²) in [6, 6.07) is 13.2. The van der Waals surface area contributed by atoms with Gasteiger partial charge in [-0.1, -0.05) is 0 Å². The van der Waals surface area contributed by atoms with Crippen molar-refractivity contribution in [2.45, 2.75) is 41.5 Å². The van der Waals surface area contributed by atoms with E-state index in [0.717, 1.165) is 11.4 Å². The van der Waals surface area contributed by atoms with Crippen molar-refractivity contribution in [1.82, 2.24) is 19.1 Å². The molecule has 0 aliphatic carbocycles. The molecule has 10 nitrogen and oxygen atoms in total. The van der Waals surface area contributed by atoms with Gasteiger partial charge >= 0.3 is 0 Å². The molecule has 7 rings (SSSR count). The molecule has 0 unspecified atom stereocenters. The summed E-state index contributed by atoms with van der Waals surface area (Å²) in [6.45, 7) is 10.1. The molecule has 0 amide bonds. The van der Waals surface area contributed by atoms with Gasteiger partial charge in [0.1, 0.15) is 11.5 Å². The van der Waals surface area contributed by atoms with Crippen LogP contribution in [-0.2, 0) is 0 Å². The predicted molar refractivity (Wildman–Crippen MR) is 168 cm³/mol. The number of hydrogen-bond acceptors (Lipinski definition) is 8. The molecule has 0 aliphatic heterocycles. The third-order valence-electron chi connectivity index (χ3n) is 8.23. The third-order valence-corrected chi connectivity index (χ3v) is 8.23. The molecule has 44 heavy (non-hydrogen) atoms. The minimum absolute atomic E-state index is 0.188. The van der Waals surface area contributed by atoms with Gasteiger partial charge < -0.3 is 8.83 Å². The number of fused-ring (bicyclic) bond motifs is 4. The summed E-state index contributed by atoms with van der Waals surface area (Å²) in [5, 5.41) is 0.926. The van der Waals surface area contributed by atoms with Crippen molar-refractivity contribution in [3.8, 4) is 22.9 Å². The SMILES string of the molecule is CC(=O)n1c2ccc(-c3nc(C)c(C)o3)cc2c(=O)c2cc3c(cc21)c(=O)c1cc(-c2nc(C)c(C)o2)ccc1n3C(C)=O. The number of carbonyl (C=O) groups is 2. The average molecular weight is 587 g/mol. The van der Waals surface area contributed by atoms with Crippen LogP contribution in [0.15, 0.2) is 67.0 Å². The Morgan fingerprint density at radius 2 is 0.932 bits per heavy atom. The van der Waals surface area contributed by atoms with E-state index in [1.165, 1.54) is 35.1 Å². The van der Waals surface area contributed by atoms with E-state index in [9.17, 15) is 19.2 Å². The van der Waals surface area contributed by atoms with Gasteiger partial charge in [-0.2, -0.15) is 0 Å². The minimum atomic E-state index is -0.358. The lowest BCUT2D eigenvalue weighted by Crippen LogP contribution is -2.19. The standard InChI is InChI=1S/C34H26N4O6/c1-15-17(3)43-33(35-15)21-7-9-27-23(11-21)31(41)25-13-30-26(14-29(25)37(27)19(5)39)32(42)24-12-22(34-36-16(2)18(4)44-34)8-10-28(24)38(30)20(6)40/h7-14H,1-6H3. The Kier molecular flexibility index (Phi) is 5.83. The molecule has 4 aromatic heterocycles. The second-order valence-corrected chi connectivity index (χ2v) is 11.0. The largest absolute Gasteiger partial charge is 0.441 e.